The molecular formula is C17H17F3N2O3. The first kappa shape index (κ1) is 17.4. The van der Waals surface area contributed by atoms with Gasteiger partial charge in [0.25, 0.3) is 0 Å². The molecule has 1 aliphatic heterocycles. The minimum atomic E-state index is -4.49. The summed E-state index contributed by atoms with van der Waals surface area (Å²) in [7, 11) is 1.48. The predicted octanol–water partition coefficient (Wildman–Crippen LogP) is 2.97. The SMILES string of the molecule is COc1ccc(C2C(c3ccc(O)cc3O)NNC2C(F)(F)F)cc1. The molecule has 134 valence electrons. The van der Waals surface area contributed by atoms with E-state index < -0.39 is 24.2 Å². The highest BCUT2D eigenvalue weighted by molar-refractivity contribution is 5.44. The van der Waals surface area contributed by atoms with E-state index in [4.69, 9.17) is 4.74 Å². The van der Waals surface area contributed by atoms with Crippen molar-refractivity contribution in [3.8, 4) is 17.2 Å². The van der Waals surface area contributed by atoms with Gasteiger partial charge in [-0.2, -0.15) is 13.2 Å². The number of phenolic OH excluding ortho intramolecular Hbond substituents is 2. The molecule has 1 saturated heterocycles. The second-order valence-electron chi connectivity index (χ2n) is 5.83. The summed E-state index contributed by atoms with van der Waals surface area (Å²) in [5.74, 6) is -0.919. The molecule has 0 saturated carbocycles. The Morgan fingerprint density at radius 2 is 1.68 bits per heavy atom. The topological polar surface area (TPSA) is 73.8 Å². The van der Waals surface area contributed by atoms with Crippen LogP contribution in [0.5, 0.6) is 17.2 Å². The lowest BCUT2D eigenvalue weighted by molar-refractivity contribution is -0.156. The second-order valence-corrected chi connectivity index (χ2v) is 5.83. The zero-order valence-corrected chi connectivity index (χ0v) is 13.2. The van der Waals surface area contributed by atoms with Gasteiger partial charge in [0.15, 0.2) is 0 Å². The molecule has 0 aromatic heterocycles. The van der Waals surface area contributed by atoms with E-state index in [1.54, 1.807) is 24.3 Å². The Morgan fingerprint density at radius 1 is 1.00 bits per heavy atom. The molecule has 8 heteroatoms. The van der Waals surface area contributed by atoms with Crippen molar-refractivity contribution < 1.29 is 28.1 Å². The molecule has 0 spiro atoms. The summed E-state index contributed by atoms with van der Waals surface area (Å²) in [6.45, 7) is 0. The van der Waals surface area contributed by atoms with Crippen LogP contribution < -0.4 is 15.6 Å². The first-order chi connectivity index (χ1) is 11.8. The van der Waals surface area contributed by atoms with Crippen LogP contribution >= 0.6 is 0 Å². The van der Waals surface area contributed by atoms with Crippen molar-refractivity contribution in [2.24, 2.45) is 0 Å². The molecule has 3 atom stereocenters. The molecule has 0 amide bonds. The molecule has 4 N–H and O–H groups in total. The summed E-state index contributed by atoms with van der Waals surface area (Å²) in [5, 5.41) is 19.5. The molecule has 0 aliphatic carbocycles. The predicted molar refractivity (Wildman–Crippen MR) is 84.4 cm³/mol. The summed E-state index contributed by atoms with van der Waals surface area (Å²) >= 11 is 0. The van der Waals surface area contributed by atoms with Crippen LogP contribution in [-0.4, -0.2) is 29.5 Å². The van der Waals surface area contributed by atoms with E-state index in [0.29, 0.717) is 11.3 Å². The van der Waals surface area contributed by atoms with Gasteiger partial charge in [-0.25, -0.2) is 10.9 Å². The van der Waals surface area contributed by atoms with Gasteiger partial charge in [-0.1, -0.05) is 18.2 Å². The van der Waals surface area contributed by atoms with Crippen molar-refractivity contribution in [1.82, 2.24) is 10.9 Å². The smallest absolute Gasteiger partial charge is 0.405 e. The van der Waals surface area contributed by atoms with Gasteiger partial charge in [-0.3, -0.25) is 0 Å². The fourth-order valence-electron chi connectivity index (χ4n) is 3.11. The molecule has 25 heavy (non-hydrogen) atoms. The van der Waals surface area contributed by atoms with E-state index in [9.17, 15) is 23.4 Å². The largest absolute Gasteiger partial charge is 0.508 e. The number of hydrogen-bond donors (Lipinski definition) is 4. The summed E-state index contributed by atoms with van der Waals surface area (Å²) < 4.78 is 45.4. The van der Waals surface area contributed by atoms with Crippen LogP contribution in [0.15, 0.2) is 42.5 Å². The lowest BCUT2D eigenvalue weighted by atomic mass is 9.83. The zero-order chi connectivity index (χ0) is 18.2. The first-order valence-electron chi connectivity index (χ1n) is 7.55. The Bertz CT molecular complexity index is 750. The summed E-state index contributed by atoms with van der Waals surface area (Å²) in [4.78, 5) is 0. The van der Waals surface area contributed by atoms with Crippen molar-refractivity contribution in [3.05, 3.63) is 53.6 Å². The first-order valence-corrected chi connectivity index (χ1v) is 7.55. The number of methoxy groups -OCH3 is 1. The molecule has 1 fully saturated rings. The normalized spacial score (nSPS) is 23.6. The third-order valence-corrected chi connectivity index (χ3v) is 4.31. The maximum atomic E-state index is 13.5. The van der Waals surface area contributed by atoms with Crippen LogP contribution in [0.3, 0.4) is 0 Å². The number of rotatable bonds is 3. The number of hydrazine groups is 1. The number of ether oxygens (including phenoxy) is 1. The Labute approximate surface area is 142 Å². The van der Waals surface area contributed by atoms with Crippen LogP contribution in [0.25, 0.3) is 0 Å². The molecule has 3 unspecified atom stereocenters. The molecule has 0 radical (unpaired) electrons. The lowest BCUT2D eigenvalue weighted by Gasteiger charge is -2.26. The highest BCUT2D eigenvalue weighted by atomic mass is 19.4. The van der Waals surface area contributed by atoms with Crippen LogP contribution in [0, 0.1) is 0 Å². The molecule has 2 aromatic carbocycles. The number of hydrogen-bond acceptors (Lipinski definition) is 5. The fourth-order valence-corrected chi connectivity index (χ4v) is 3.11. The van der Waals surface area contributed by atoms with Gasteiger partial charge in [0, 0.05) is 17.5 Å². The molecular weight excluding hydrogens is 337 g/mol. The number of alkyl halides is 3. The third-order valence-electron chi connectivity index (χ3n) is 4.31. The Kier molecular flexibility index (Phi) is 4.49. The Hall–Kier alpha value is -2.45. The van der Waals surface area contributed by atoms with Gasteiger partial charge in [-0.05, 0) is 23.8 Å². The highest BCUT2D eigenvalue weighted by Crippen LogP contribution is 2.45. The third kappa shape index (κ3) is 3.35. The van der Waals surface area contributed by atoms with Crippen LogP contribution in [-0.2, 0) is 0 Å². The fraction of sp³-hybridized carbons (Fsp3) is 0.294. The summed E-state index contributed by atoms with van der Waals surface area (Å²) in [6, 6.07) is 7.48. The van der Waals surface area contributed by atoms with Gasteiger partial charge in [0.2, 0.25) is 0 Å². The summed E-state index contributed by atoms with van der Waals surface area (Å²) in [6.07, 6.45) is -4.49. The van der Waals surface area contributed by atoms with E-state index in [0.717, 1.165) is 6.07 Å². The number of benzene rings is 2. The van der Waals surface area contributed by atoms with Crippen molar-refractivity contribution in [1.29, 1.82) is 0 Å². The van der Waals surface area contributed by atoms with Gasteiger partial charge < -0.3 is 14.9 Å². The lowest BCUT2D eigenvalue weighted by Crippen LogP contribution is -2.43. The van der Waals surface area contributed by atoms with Gasteiger partial charge >= 0.3 is 6.18 Å². The minimum absolute atomic E-state index is 0.166. The minimum Gasteiger partial charge on any atom is -0.508 e. The average Bonchev–Trinajstić information content (AvgIpc) is 3.00. The van der Waals surface area contributed by atoms with Crippen molar-refractivity contribution in [2.45, 2.75) is 24.2 Å². The maximum absolute atomic E-state index is 13.5. The van der Waals surface area contributed by atoms with Gasteiger partial charge in [0.1, 0.15) is 23.3 Å². The van der Waals surface area contributed by atoms with E-state index in [-0.39, 0.29) is 17.1 Å². The van der Waals surface area contributed by atoms with Gasteiger partial charge in [0.05, 0.1) is 13.2 Å². The quantitative estimate of drug-likeness (QED) is 0.682. The molecule has 5 nitrogen and oxygen atoms in total. The number of phenols is 2. The molecule has 1 heterocycles. The average molecular weight is 354 g/mol. The Morgan fingerprint density at radius 3 is 2.24 bits per heavy atom. The van der Waals surface area contributed by atoms with E-state index in [1.807, 2.05) is 0 Å². The maximum Gasteiger partial charge on any atom is 0.405 e. The van der Waals surface area contributed by atoms with Crippen LogP contribution in [0.2, 0.25) is 0 Å². The van der Waals surface area contributed by atoms with E-state index in [1.165, 1.54) is 19.2 Å². The molecule has 2 aromatic rings. The standard InChI is InChI=1S/C17H17F3N2O3/c1-25-11-5-2-9(3-6-11)14-15(21-22-16(14)17(18,19)20)12-7-4-10(23)8-13(12)24/h2-8,14-16,21-24H,1H3. The number of halogens is 3. The van der Waals surface area contributed by atoms with Crippen molar-refractivity contribution in [2.75, 3.05) is 7.11 Å². The molecule has 0 bridgehead atoms. The van der Waals surface area contributed by atoms with Crippen LogP contribution in [0.1, 0.15) is 23.1 Å². The van der Waals surface area contributed by atoms with Crippen LogP contribution in [0.4, 0.5) is 13.2 Å². The summed E-state index contributed by atoms with van der Waals surface area (Å²) in [5.41, 5.74) is 5.61. The second kappa shape index (κ2) is 6.45. The molecule has 1 aliphatic rings. The van der Waals surface area contributed by atoms with Crippen molar-refractivity contribution in [3.63, 3.8) is 0 Å². The van der Waals surface area contributed by atoms with Gasteiger partial charge in [-0.15, -0.1) is 0 Å². The highest BCUT2D eigenvalue weighted by Gasteiger charge is 2.52. The molecule has 3 rings (SSSR count). The van der Waals surface area contributed by atoms with Crippen molar-refractivity contribution >= 4 is 0 Å². The van der Waals surface area contributed by atoms with E-state index in [2.05, 4.69) is 10.9 Å². The number of nitrogens with one attached hydrogen (secondary N) is 2. The zero-order valence-electron chi connectivity index (χ0n) is 13.2. The van der Waals surface area contributed by atoms with E-state index >= 15 is 0 Å². The number of aromatic hydroxyl groups is 2. The monoisotopic (exact) mass is 354 g/mol. The Balaban J connectivity index is 2.04.